The number of rotatable bonds is 2. The van der Waals surface area contributed by atoms with Gasteiger partial charge in [0.2, 0.25) is 0 Å². The Bertz CT molecular complexity index is 626. The van der Waals surface area contributed by atoms with Crippen molar-refractivity contribution >= 4 is 43.5 Å². The minimum Gasteiger partial charge on any atom is -0.322 e. The van der Waals surface area contributed by atoms with Crippen molar-refractivity contribution in [3.05, 3.63) is 62.5 Å². The number of benzene rings is 2. The van der Waals surface area contributed by atoms with Crippen LogP contribution in [0, 0.1) is 11.6 Å². The molecule has 1 N–H and O–H groups in total. The maximum absolute atomic E-state index is 13.3. The summed E-state index contributed by atoms with van der Waals surface area (Å²) in [6.07, 6.45) is 0. The Morgan fingerprint density at radius 1 is 1.05 bits per heavy atom. The summed E-state index contributed by atoms with van der Waals surface area (Å²) < 4.78 is 27.2. The minimum atomic E-state index is -0.526. The summed E-state index contributed by atoms with van der Waals surface area (Å²) >= 11 is 6.12. The third-order valence-electron chi connectivity index (χ3n) is 2.30. The Morgan fingerprint density at radius 3 is 2.42 bits per heavy atom. The van der Waals surface area contributed by atoms with E-state index in [9.17, 15) is 13.6 Å². The van der Waals surface area contributed by atoms with E-state index in [4.69, 9.17) is 0 Å². The number of hydrogen-bond acceptors (Lipinski definition) is 1. The van der Waals surface area contributed by atoms with Crippen molar-refractivity contribution < 1.29 is 13.6 Å². The second kappa shape index (κ2) is 5.79. The third kappa shape index (κ3) is 3.61. The van der Waals surface area contributed by atoms with Gasteiger partial charge in [0, 0.05) is 15.7 Å². The molecular formula is C13H7Br2F2NO. The highest BCUT2D eigenvalue weighted by molar-refractivity contribution is 9.10. The van der Waals surface area contributed by atoms with Crippen molar-refractivity contribution in [1.29, 1.82) is 0 Å². The monoisotopic (exact) mass is 389 g/mol. The topological polar surface area (TPSA) is 29.1 Å². The van der Waals surface area contributed by atoms with Crippen molar-refractivity contribution in [3.8, 4) is 0 Å². The number of carbonyl (C=O) groups excluding carboxylic acids is 1. The second-order valence-electron chi connectivity index (χ2n) is 3.74. The predicted octanol–water partition coefficient (Wildman–Crippen LogP) is 4.74. The lowest BCUT2D eigenvalue weighted by Crippen LogP contribution is -2.12. The molecule has 0 aliphatic rings. The standard InChI is InChI=1S/C13H7Br2F2NO/c14-8-3-7(4-9(16)5-8)13(19)18-10-1-2-11(15)12(17)6-10/h1-6H,(H,18,19). The molecule has 0 aromatic heterocycles. The third-order valence-corrected chi connectivity index (χ3v) is 3.40. The van der Waals surface area contributed by atoms with Crippen LogP contribution in [0.15, 0.2) is 45.3 Å². The molecule has 0 fully saturated rings. The first-order valence-electron chi connectivity index (χ1n) is 5.18. The van der Waals surface area contributed by atoms with Gasteiger partial charge in [-0.15, -0.1) is 0 Å². The molecular weight excluding hydrogens is 384 g/mol. The number of carbonyl (C=O) groups is 1. The molecule has 0 saturated heterocycles. The first kappa shape index (κ1) is 14.1. The van der Waals surface area contributed by atoms with E-state index in [-0.39, 0.29) is 5.56 Å². The van der Waals surface area contributed by atoms with E-state index in [2.05, 4.69) is 37.2 Å². The average Bonchev–Trinajstić information content (AvgIpc) is 2.32. The lowest BCUT2D eigenvalue weighted by molar-refractivity contribution is 0.102. The molecule has 0 bridgehead atoms. The minimum absolute atomic E-state index is 0.148. The summed E-state index contributed by atoms with van der Waals surface area (Å²) in [6, 6.07) is 8.03. The predicted molar refractivity (Wildman–Crippen MR) is 76.2 cm³/mol. The molecule has 1 amide bonds. The summed E-state index contributed by atoms with van der Waals surface area (Å²) in [4.78, 5) is 11.9. The maximum atomic E-state index is 13.3. The lowest BCUT2D eigenvalue weighted by Gasteiger charge is -2.06. The van der Waals surface area contributed by atoms with Crippen LogP contribution in [-0.4, -0.2) is 5.91 Å². The van der Waals surface area contributed by atoms with Crippen LogP contribution in [0.5, 0.6) is 0 Å². The normalized spacial score (nSPS) is 10.3. The molecule has 2 aromatic rings. The van der Waals surface area contributed by atoms with E-state index in [1.807, 2.05) is 0 Å². The lowest BCUT2D eigenvalue weighted by atomic mass is 10.2. The van der Waals surface area contributed by atoms with Gasteiger partial charge in [-0.1, -0.05) is 15.9 Å². The number of halogens is 4. The number of hydrogen-bond donors (Lipinski definition) is 1. The van der Waals surface area contributed by atoms with E-state index < -0.39 is 17.5 Å². The Kier molecular flexibility index (Phi) is 4.31. The highest BCUT2D eigenvalue weighted by Crippen LogP contribution is 2.21. The zero-order valence-corrected chi connectivity index (χ0v) is 12.6. The van der Waals surface area contributed by atoms with Crippen LogP contribution in [0.4, 0.5) is 14.5 Å². The Labute approximate surface area is 125 Å². The van der Waals surface area contributed by atoms with Crippen LogP contribution in [-0.2, 0) is 0 Å². The summed E-state index contributed by atoms with van der Waals surface area (Å²) in [7, 11) is 0. The molecule has 2 aromatic carbocycles. The van der Waals surface area contributed by atoms with Crippen molar-refractivity contribution in [2.45, 2.75) is 0 Å². The van der Waals surface area contributed by atoms with Crippen LogP contribution < -0.4 is 5.32 Å². The fourth-order valence-corrected chi connectivity index (χ4v) is 2.17. The SMILES string of the molecule is O=C(Nc1ccc(Br)c(F)c1)c1cc(F)cc(Br)c1. The van der Waals surface area contributed by atoms with Gasteiger partial charge in [0.25, 0.3) is 5.91 Å². The van der Waals surface area contributed by atoms with Gasteiger partial charge in [-0.25, -0.2) is 8.78 Å². The zero-order valence-electron chi connectivity index (χ0n) is 9.38. The number of nitrogens with one attached hydrogen (secondary N) is 1. The van der Waals surface area contributed by atoms with Crippen LogP contribution >= 0.6 is 31.9 Å². The Morgan fingerprint density at radius 2 is 1.79 bits per heavy atom. The van der Waals surface area contributed by atoms with Crippen LogP contribution in [0.1, 0.15) is 10.4 Å². The molecule has 0 aliphatic heterocycles. The van der Waals surface area contributed by atoms with E-state index in [1.54, 1.807) is 6.07 Å². The van der Waals surface area contributed by atoms with Crippen molar-refractivity contribution in [3.63, 3.8) is 0 Å². The molecule has 0 atom stereocenters. The maximum Gasteiger partial charge on any atom is 0.255 e. The first-order valence-corrected chi connectivity index (χ1v) is 6.77. The van der Waals surface area contributed by atoms with Crippen LogP contribution in [0.2, 0.25) is 0 Å². The van der Waals surface area contributed by atoms with E-state index >= 15 is 0 Å². The van der Waals surface area contributed by atoms with Gasteiger partial charge in [0.15, 0.2) is 0 Å². The molecule has 0 radical (unpaired) electrons. The molecule has 19 heavy (non-hydrogen) atoms. The summed E-state index contributed by atoms with van der Waals surface area (Å²) in [5.41, 5.74) is 0.446. The molecule has 2 nitrogen and oxygen atoms in total. The van der Waals surface area contributed by atoms with Gasteiger partial charge in [0.1, 0.15) is 11.6 Å². The molecule has 6 heteroatoms. The van der Waals surface area contributed by atoms with E-state index in [1.165, 1.54) is 24.3 Å². The molecule has 2 rings (SSSR count). The smallest absolute Gasteiger partial charge is 0.255 e. The summed E-state index contributed by atoms with van der Waals surface area (Å²) in [6.45, 7) is 0. The van der Waals surface area contributed by atoms with Gasteiger partial charge in [-0.2, -0.15) is 0 Å². The quantitative estimate of drug-likeness (QED) is 0.788. The highest BCUT2D eigenvalue weighted by Gasteiger charge is 2.10. The number of amides is 1. The first-order chi connectivity index (χ1) is 8.95. The van der Waals surface area contributed by atoms with Crippen LogP contribution in [0.3, 0.4) is 0 Å². The molecule has 0 saturated carbocycles. The van der Waals surface area contributed by atoms with Gasteiger partial charge in [0.05, 0.1) is 4.47 Å². The van der Waals surface area contributed by atoms with Gasteiger partial charge in [-0.3, -0.25) is 4.79 Å². The van der Waals surface area contributed by atoms with Gasteiger partial charge in [-0.05, 0) is 52.3 Å². The van der Waals surface area contributed by atoms with Crippen molar-refractivity contribution in [2.75, 3.05) is 5.32 Å². The Hall–Kier alpha value is -1.27. The summed E-state index contributed by atoms with van der Waals surface area (Å²) in [5, 5.41) is 2.49. The molecule has 0 spiro atoms. The van der Waals surface area contributed by atoms with E-state index in [0.717, 1.165) is 6.07 Å². The molecule has 0 aliphatic carbocycles. The molecule has 0 unspecified atom stereocenters. The second-order valence-corrected chi connectivity index (χ2v) is 5.51. The van der Waals surface area contributed by atoms with Gasteiger partial charge >= 0.3 is 0 Å². The van der Waals surface area contributed by atoms with Crippen molar-refractivity contribution in [2.24, 2.45) is 0 Å². The van der Waals surface area contributed by atoms with Gasteiger partial charge < -0.3 is 5.32 Å². The van der Waals surface area contributed by atoms with Crippen LogP contribution in [0.25, 0.3) is 0 Å². The number of anilines is 1. The fraction of sp³-hybridized carbons (Fsp3) is 0. The zero-order chi connectivity index (χ0) is 14.0. The highest BCUT2D eigenvalue weighted by atomic mass is 79.9. The van der Waals surface area contributed by atoms with E-state index in [0.29, 0.717) is 14.6 Å². The Balaban J connectivity index is 2.22. The average molecular weight is 391 g/mol. The largest absolute Gasteiger partial charge is 0.322 e. The summed E-state index contributed by atoms with van der Waals surface area (Å²) in [5.74, 6) is -1.53. The van der Waals surface area contributed by atoms with Crippen molar-refractivity contribution in [1.82, 2.24) is 0 Å². The molecule has 0 heterocycles. The molecule has 98 valence electrons. The fourth-order valence-electron chi connectivity index (χ4n) is 1.46.